The summed E-state index contributed by atoms with van der Waals surface area (Å²) in [5.74, 6) is 1.44. The van der Waals surface area contributed by atoms with Crippen LogP contribution < -0.4 is 5.32 Å². The van der Waals surface area contributed by atoms with Crippen LogP contribution in [0.1, 0.15) is 33.1 Å². The van der Waals surface area contributed by atoms with E-state index in [2.05, 4.69) is 17.5 Å². The van der Waals surface area contributed by atoms with Gasteiger partial charge in [0, 0.05) is 12.0 Å². The molecule has 5 unspecified atom stereocenters. The lowest BCUT2D eigenvalue weighted by atomic mass is 9.92. The molecule has 0 radical (unpaired) electrons. The average Bonchev–Trinajstić information content (AvgIpc) is 2.76. The Kier molecular flexibility index (Phi) is 3.33. The molecule has 0 saturated heterocycles. The largest absolute Gasteiger partial charge is 0.393 e. The Morgan fingerprint density at radius 3 is 2.69 bits per heavy atom. The molecular formula is C13H21NO2. The molecule has 2 N–H and O–H groups in total. The normalized spacial score (nSPS) is 35.1. The van der Waals surface area contributed by atoms with Crippen molar-refractivity contribution in [3.8, 4) is 0 Å². The van der Waals surface area contributed by atoms with E-state index in [1.54, 1.807) is 6.92 Å². The number of nitrogens with one attached hydrogen (secondary N) is 1. The van der Waals surface area contributed by atoms with Crippen LogP contribution in [0.2, 0.25) is 0 Å². The molecule has 2 aliphatic carbocycles. The number of carbonyl (C=O) groups is 1. The van der Waals surface area contributed by atoms with E-state index in [1.165, 1.54) is 0 Å². The minimum atomic E-state index is -0.352. The van der Waals surface area contributed by atoms with Crippen molar-refractivity contribution in [2.45, 2.75) is 45.3 Å². The van der Waals surface area contributed by atoms with Crippen LogP contribution in [-0.2, 0) is 4.79 Å². The summed E-state index contributed by atoms with van der Waals surface area (Å²) in [7, 11) is 0. The first-order chi connectivity index (χ1) is 7.56. The Hall–Kier alpha value is -0.830. The molecule has 1 saturated carbocycles. The summed E-state index contributed by atoms with van der Waals surface area (Å²) in [6.07, 6.45) is 6.88. The number of hydrogen-bond donors (Lipinski definition) is 2. The summed E-state index contributed by atoms with van der Waals surface area (Å²) < 4.78 is 0. The fraction of sp³-hybridized carbons (Fsp3) is 0.769. The van der Waals surface area contributed by atoms with Crippen LogP contribution in [-0.4, -0.2) is 23.2 Å². The Labute approximate surface area is 96.9 Å². The maximum absolute atomic E-state index is 12.0. The van der Waals surface area contributed by atoms with Gasteiger partial charge in [-0.15, -0.1) is 0 Å². The van der Waals surface area contributed by atoms with Gasteiger partial charge < -0.3 is 10.4 Å². The van der Waals surface area contributed by atoms with Gasteiger partial charge in [0.05, 0.1) is 6.10 Å². The fourth-order valence-corrected chi connectivity index (χ4v) is 3.00. The molecule has 0 aromatic carbocycles. The van der Waals surface area contributed by atoms with Gasteiger partial charge in [0.15, 0.2) is 0 Å². The molecule has 3 nitrogen and oxygen atoms in total. The second-order valence-corrected chi connectivity index (χ2v) is 5.38. The third kappa shape index (κ3) is 2.46. The molecule has 1 fully saturated rings. The highest BCUT2D eigenvalue weighted by atomic mass is 16.3. The van der Waals surface area contributed by atoms with Crippen LogP contribution in [0.4, 0.5) is 0 Å². The number of amides is 1. The van der Waals surface area contributed by atoms with E-state index < -0.39 is 0 Å². The second kappa shape index (κ2) is 4.58. The van der Waals surface area contributed by atoms with Crippen molar-refractivity contribution in [3.63, 3.8) is 0 Å². The van der Waals surface area contributed by atoms with Gasteiger partial charge in [-0.2, -0.15) is 0 Å². The molecule has 3 heteroatoms. The van der Waals surface area contributed by atoms with Crippen molar-refractivity contribution in [3.05, 3.63) is 12.2 Å². The summed E-state index contributed by atoms with van der Waals surface area (Å²) in [6.45, 7) is 3.70. The van der Waals surface area contributed by atoms with Crippen LogP contribution in [0.25, 0.3) is 0 Å². The first-order valence-corrected chi connectivity index (χ1v) is 6.23. The van der Waals surface area contributed by atoms with E-state index in [1.807, 2.05) is 6.92 Å². The Morgan fingerprint density at radius 1 is 1.44 bits per heavy atom. The SMILES string of the molecule is CC(O)CC(C)NC(=O)C1CC2C=CC1C2. The molecule has 2 bridgehead atoms. The molecule has 5 atom stereocenters. The zero-order chi connectivity index (χ0) is 11.7. The molecule has 2 aliphatic rings. The smallest absolute Gasteiger partial charge is 0.223 e. The molecule has 0 aromatic rings. The number of hydrogen-bond acceptors (Lipinski definition) is 2. The summed E-state index contributed by atoms with van der Waals surface area (Å²) in [5.41, 5.74) is 0. The van der Waals surface area contributed by atoms with Crippen molar-refractivity contribution in [2.75, 3.05) is 0 Å². The van der Waals surface area contributed by atoms with Crippen molar-refractivity contribution in [1.29, 1.82) is 0 Å². The summed E-state index contributed by atoms with van der Waals surface area (Å²) >= 11 is 0. The number of carbonyl (C=O) groups excluding carboxylic acids is 1. The zero-order valence-corrected chi connectivity index (χ0v) is 10.0. The molecule has 16 heavy (non-hydrogen) atoms. The van der Waals surface area contributed by atoms with Gasteiger partial charge in [0.1, 0.15) is 0 Å². The quantitative estimate of drug-likeness (QED) is 0.709. The summed E-state index contributed by atoms with van der Waals surface area (Å²) in [5, 5.41) is 12.2. The third-order valence-corrected chi connectivity index (χ3v) is 3.70. The van der Waals surface area contributed by atoms with Crippen LogP contribution >= 0.6 is 0 Å². The molecule has 0 aliphatic heterocycles. The van der Waals surface area contributed by atoms with Gasteiger partial charge in [-0.3, -0.25) is 4.79 Å². The van der Waals surface area contributed by atoms with Crippen LogP contribution in [0.3, 0.4) is 0 Å². The van der Waals surface area contributed by atoms with E-state index in [-0.39, 0.29) is 24.0 Å². The summed E-state index contributed by atoms with van der Waals surface area (Å²) in [6, 6.07) is 0.0654. The number of aliphatic hydroxyl groups is 1. The van der Waals surface area contributed by atoms with Gasteiger partial charge in [-0.1, -0.05) is 12.2 Å². The standard InChI is InChI=1S/C13H21NO2/c1-8(5-9(2)15)14-13(16)12-7-10-3-4-11(12)6-10/h3-4,8-12,15H,5-7H2,1-2H3,(H,14,16). The lowest BCUT2D eigenvalue weighted by Gasteiger charge is -2.21. The molecule has 0 spiro atoms. The predicted molar refractivity (Wildman–Crippen MR) is 62.7 cm³/mol. The highest BCUT2D eigenvalue weighted by Crippen LogP contribution is 2.43. The van der Waals surface area contributed by atoms with Crippen LogP contribution in [0, 0.1) is 17.8 Å². The Balaban J connectivity index is 1.82. The summed E-state index contributed by atoms with van der Waals surface area (Å²) in [4.78, 5) is 12.0. The maximum atomic E-state index is 12.0. The lowest BCUT2D eigenvalue weighted by molar-refractivity contribution is -0.126. The first kappa shape index (κ1) is 11.6. The van der Waals surface area contributed by atoms with Gasteiger partial charge in [-0.25, -0.2) is 0 Å². The van der Waals surface area contributed by atoms with Gasteiger partial charge >= 0.3 is 0 Å². The number of aliphatic hydroxyl groups excluding tert-OH is 1. The Morgan fingerprint density at radius 2 is 2.19 bits per heavy atom. The van der Waals surface area contributed by atoms with Crippen molar-refractivity contribution < 1.29 is 9.90 Å². The van der Waals surface area contributed by atoms with Gasteiger partial charge in [-0.05, 0) is 44.9 Å². The van der Waals surface area contributed by atoms with E-state index in [9.17, 15) is 9.90 Å². The lowest BCUT2D eigenvalue weighted by Crippen LogP contribution is -2.39. The van der Waals surface area contributed by atoms with Crippen molar-refractivity contribution in [2.24, 2.45) is 17.8 Å². The highest BCUT2D eigenvalue weighted by molar-refractivity contribution is 5.80. The zero-order valence-electron chi connectivity index (χ0n) is 10.0. The predicted octanol–water partition coefficient (Wildman–Crippen LogP) is 1.47. The van der Waals surface area contributed by atoms with Crippen LogP contribution in [0.15, 0.2) is 12.2 Å². The fourth-order valence-electron chi connectivity index (χ4n) is 3.00. The third-order valence-electron chi connectivity index (χ3n) is 3.70. The molecule has 90 valence electrons. The highest BCUT2D eigenvalue weighted by Gasteiger charge is 2.39. The molecule has 2 rings (SSSR count). The second-order valence-electron chi connectivity index (χ2n) is 5.38. The first-order valence-electron chi connectivity index (χ1n) is 6.23. The van der Waals surface area contributed by atoms with Crippen LogP contribution in [0.5, 0.6) is 0 Å². The Bertz CT molecular complexity index is 298. The number of allylic oxidation sites excluding steroid dienone is 2. The van der Waals surface area contributed by atoms with E-state index in [4.69, 9.17) is 0 Å². The van der Waals surface area contributed by atoms with Gasteiger partial charge in [0.2, 0.25) is 5.91 Å². The van der Waals surface area contributed by atoms with E-state index in [0.717, 1.165) is 12.8 Å². The van der Waals surface area contributed by atoms with E-state index >= 15 is 0 Å². The van der Waals surface area contributed by atoms with Gasteiger partial charge in [0.25, 0.3) is 0 Å². The molecular weight excluding hydrogens is 202 g/mol. The monoisotopic (exact) mass is 223 g/mol. The minimum absolute atomic E-state index is 0.0654. The molecule has 0 heterocycles. The van der Waals surface area contributed by atoms with Crippen molar-refractivity contribution >= 4 is 5.91 Å². The van der Waals surface area contributed by atoms with E-state index in [0.29, 0.717) is 18.3 Å². The average molecular weight is 223 g/mol. The topological polar surface area (TPSA) is 49.3 Å². The number of fused-ring (bicyclic) bond motifs is 2. The maximum Gasteiger partial charge on any atom is 0.223 e. The number of rotatable bonds is 4. The molecule has 0 aromatic heterocycles. The molecule has 1 amide bonds. The van der Waals surface area contributed by atoms with Crippen molar-refractivity contribution in [1.82, 2.24) is 5.32 Å². The minimum Gasteiger partial charge on any atom is -0.393 e.